The smallest absolute Gasteiger partial charge is 0.152 e. The highest BCUT2D eigenvalue weighted by Crippen LogP contribution is 2.05. The third kappa shape index (κ3) is 2.09. The van der Waals surface area contributed by atoms with Crippen molar-refractivity contribution < 1.29 is 0 Å². The van der Waals surface area contributed by atoms with Crippen LogP contribution in [0.1, 0.15) is 17.3 Å². The normalized spacial score (nSPS) is 10.9. The molecule has 0 spiro atoms. The van der Waals surface area contributed by atoms with Gasteiger partial charge in [-0.2, -0.15) is 0 Å². The lowest BCUT2D eigenvalue weighted by atomic mass is 10.5. The van der Waals surface area contributed by atoms with Gasteiger partial charge in [-0.1, -0.05) is 15.9 Å². The van der Waals surface area contributed by atoms with Gasteiger partial charge in [-0.15, -0.1) is 10.2 Å². The average molecular weight is 270 g/mol. The minimum atomic E-state index is 0.706. The van der Waals surface area contributed by atoms with Crippen molar-refractivity contribution in [3.05, 3.63) is 29.9 Å². The molecule has 0 aliphatic rings. The van der Waals surface area contributed by atoms with Gasteiger partial charge in [-0.3, -0.25) is 0 Å². The van der Waals surface area contributed by atoms with E-state index in [2.05, 4.69) is 31.1 Å². The first-order valence-corrected chi connectivity index (χ1v) is 5.74. The summed E-state index contributed by atoms with van der Waals surface area (Å²) >= 11 is 3.37. The van der Waals surface area contributed by atoms with Crippen LogP contribution in [-0.4, -0.2) is 24.3 Å². The molecule has 5 nitrogen and oxygen atoms in total. The second kappa shape index (κ2) is 4.14. The summed E-state index contributed by atoms with van der Waals surface area (Å²) in [6, 6.07) is 0. The molecule has 0 aliphatic heterocycles. The van der Waals surface area contributed by atoms with Crippen LogP contribution in [0.5, 0.6) is 0 Å². The molecule has 80 valence electrons. The van der Waals surface area contributed by atoms with Gasteiger partial charge in [-0.05, 0) is 6.92 Å². The molecule has 2 aromatic heterocycles. The first kappa shape index (κ1) is 10.4. The number of imidazole rings is 1. The average Bonchev–Trinajstić information content (AvgIpc) is 2.80. The van der Waals surface area contributed by atoms with Crippen LogP contribution in [0.25, 0.3) is 0 Å². The van der Waals surface area contributed by atoms with Crippen molar-refractivity contribution in [1.29, 1.82) is 0 Å². The lowest BCUT2D eigenvalue weighted by Gasteiger charge is -2.01. The largest absolute Gasteiger partial charge is 0.330 e. The fraction of sp³-hybridized carbons (Fsp3) is 0.444. The molecule has 0 radical (unpaired) electrons. The molecule has 0 aliphatic carbocycles. The van der Waals surface area contributed by atoms with Crippen molar-refractivity contribution in [3.8, 4) is 0 Å². The van der Waals surface area contributed by atoms with Crippen LogP contribution >= 0.6 is 15.9 Å². The SMILES string of the molecule is Cc1nnc(Cn2cnc(CBr)c2)n1C. The predicted molar refractivity (Wildman–Crippen MR) is 59.7 cm³/mol. The van der Waals surface area contributed by atoms with Crippen molar-refractivity contribution in [2.75, 3.05) is 0 Å². The van der Waals surface area contributed by atoms with E-state index in [0.717, 1.165) is 22.7 Å². The molecule has 6 heteroatoms. The summed E-state index contributed by atoms with van der Waals surface area (Å²) in [4.78, 5) is 4.23. The second-order valence-corrected chi connectivity index (χ2v) is 3.95. The Morgan fingerprint density at radius 1 is 1.40 bits per heavy atom. The summed E-state index contributed by atoms with van der Waals surface area (Å²) in [5.74, 6) is 1.86. The number of alkyl halides is 1. The van der Waals surface area contributed by atoms with Gasteiger partial charge in [-0.25, -0.2) is 4.98 Å². The fourth-order valence-corrected chi connectivity index (χ4v) is 1.60. The number of hydrogen-bond donors (Lipinski definition) is 0. The van der Waals surface area contributed by atoms with Gasteiger partial charge in [0.2, 0.25) is 0 Å². The summed E-state index contributed by atoms with van der Waals surface area (Å²) in [6.45, 7) is 2.64. The second-order valence-electron chi connectivity index (χ2n) is 3.39. The summed E-state index contributed by atoms with van der Waals surface area (Å²) in [5, 5.41) is 8.88. The molecule has 0 saturated carbocycles. The van der Waals surface area contributed by atoms with Crippen LogP contribution in [0.2, 0.25) is 0 Å². The summed E-state index contributed by atoms with van der Waals surface area (Å²) in [6.07, 6.45) is 3.80. The maximum atomic E-state index is 4.23. The summed E-state index contributed by atoms with van der Waals surface area (Å²) < 4.78 is 3.98. The Kier molecular flexibility index (Phi) is 2.86. The quantitative estimate of drug-likeness (QED) is 0.789. The molecule has 0 aromatic carbocycles. The maximum Gasteiger partial charge on any atom is 0.152 e. The van der Waals surface area contributed by atoms with E-state index in [1.807, 2.05) is 29.3 Å². The maximum absolute atomic E-state index is 4.23. The van der Waals surface area contributed by atoms with E-state index >= 15 is 0 Å². The lowest BCUT2D eigenvalue weighted by molar-refractivity contribution is 0.690. The van der Waals surface area contributed by atoms with Crippen LogP contribution in [-0.2, 0) is 18.9 Å². The number of aryl methyl sites for hydroxylation is 1. The standard InChI is InChI=1S/C9H12BrN5/c1-7-12-13-9(14(7)2)5-15-4-8(3-10)11-6-15/h4,6H,3,5H2,1-2H3. The molecule has 2 aromatic rings. The van der Waals surface area contributed by atoms with Gasteiger partial charge in [0.25, 0.3) is 0 Å². The Morgan fingerprint density at radius 2 is 2.20 bits per heavy atom. The Balaban J connectivity index is 2.18. The zero-order valence-electron chi connectivity index (χ0n) is 8.68. The van der Waals surface area contributed by atoms with Gasteiger partial charge in [0.15, 0.2) is 5.82 Å². The number of aromatic nitrogens is 5. The minimum absolute atomic E-state index is 0.706. The van der Waals surface area contributed by atoms with E-state index in [1.165, 1.54) is 0 Å². The number of rotatable bonds is 3. The summed E-state index contributed by atoms with van der Waals surface area (Å²) in [5.41, 5.74) is 1.02. The van der Waals surface area contributed by atoms with Gasteiger partial charge in [0.1, 0.15) is 5.82 Å². The van der Waals surface area contributed by atoms with Gasteiger partial charge in [0.05, 0.1) is 18.6 Å². The van der Waals surface area contributed by atoms with Crippen LogP contribution in [0.3, 0.4) is 0 Å². The molecular formula is C9H12BrN5. The number of nitrogens with zero attached hydrogens (tertiary/aromatic N) is 5. The van der Waals surface area contributed by atoms with Gasteiger partial charge >= 0.3 is 0 Å². The van der Waals surface area contributed by atoms with Gasteiger partial charge < -0.3 is 9.13 Å². The third-order valence-corrected chi connectivity index (χ3v) is 2.90. The molecule has 0 unspecified atom stereocenters. The van der Waals surface area contributed by atoms with Crippen molar-refractivity contribution in [3.63, 3.8) is 0 Å². The predicted octanol–water partition coefficient (Wildman–Crippen LogP) is 1.26. The van der Waals surface area contributed by atoms with Crippen molar-refractivity contribution in [2.45, 2.75) is 18.8 Å². The highest BCUT2D eigenvalue weighted by molar-refractivity contribution is 9.08. The van der Waals surface area contributed by atoms with Crippen LogP contribution < -0.4 is 0 Å². The molecule has 0 atom stereocenters. The minimum Gasteiger partial charge on any atom is -0.330 e. The highest BCUT2D eigenvalue weighted by atomic mass is 79.9. The Hall–Kier alpha value is -1.17. The molecule has 0 amide bonds. The Labute approximate surface area is 96.3 Å². The zero-order chi connectivity index (χ0) is 10.8. The molecular weight excluding hydrogens is 258 g/mol. The van der Waals surface area contributed by atoms with E-state index in [-0.39, 0.29) is 0 Å². The molecule has 0 bridgehead atoms. The van der Waals surface area contributed by atoms with Crippen molar-refractivity contribution in [2.24, 2.45) is 7.05 Å². The van der Waals surface area contributed by atoms with E-state index < -0.39 is 0 Å². The molecule has 0 saturated heterocycles. The van der Waals surface area contributed by atoms with Crippen LogP contribution in [0, 0.1) is 6.92 Å². The van der Waals surface area contributed by atoms with E-state index in [9.17, 15) is 0 Å². The third-order valence-electron chi connectivity index (χ3n) is 2.33. The lowest BCUT2D eigenvalue weighted by Crippen LogP contribution is -2.05. The topological polar surface area (TPSA) is 48.5 Å². The zero-order valence-corrected chi connectivity index (χ0v) is 10.3. The van der Waals surface area contributed by atoms with Crippen molar-refractivity contribution in [1.82, 2.24) is 24.3 Å². The van der Waals surface area contributed by atoms with Crippen LogP contribution in [0.4, 0.5) is 0 Å². The first-order valence-electron chi connectivity index (χ1n) is 4.62. The molecule has 0 N–H and O–H groups in total. The Morgan fingerprint density at radius 3 is 2.73 bits per heavy atom. The van der Waals surface area contributed by atoms with Crippen molar-refractivity contribution >= 4 is 15.9 Å². The monoisotopic (exact) mass is 269 g/mol. The fourth-order valence-electron chi connectivity index (χ4n) is 1.31. The molecule has 0 fully saturated rings. The molecule has 2 rings (SSSR count). The van der Waals surface area contributed by atoms with E-state index in [4.69, 9.17) is 0 Å². The van der Waals surface area contributed by atoms with E-state index in [0.29, 0.717) is 6.54 Å². The van der Waals surface area contributed by atoms with Crippen LogP contribution in [0.15, 0.2) is 12.5 Å². The Bertz CT molecular complexity index is 459. The first-order chi connectivity index (χ1) is 7.20. The summed E-state index contributed by atoms with van der Waals surface area (Å²) in [7, 11) is 1.97. The van der Waals surface area contributed by atoms with E-state index in [1.54, 1.807) is 6.33 Å². The molecule has 15 heavy (non-hydrogen) atoms. The van der Waals surface area contributed by atoms with Gasteiger partial charge in [0, 0.05) is 18.6 Å². The highest BCUT2D eigenvalue weighted by Gasteiger charge is 2.05. The number of hydrogen-bond acceptors (Lipinski definition) is 3. The molecule has 2 heterocycles. The number of halogens is 1.